The lowest BCUT2D eigenvalue weighted by Crippen LogP contribution is -2.54. The Balaban J connectivity index is 1.76. The van der Waals surface area contributed by atoms with E-state index in [0.717, 1.165) is 24.0 Å². The highest BCUT2D eigenvalue weighted by Gasteiger charge is 2.29. The summed E-state index contributed by atoms with van der Waals surface area (Å²) in [5.41, 5.74) is 1.87. The molecule has 2 aromatic rings. The molecule has 6 nitrogen and oxygen atoms in total. The van der Waals surface area contributed by atoms with E-state index in [9.17, 15) is 14.4 Å². The molecule has 1 aliphatic rings. The second-order valence-electron chi connectivity index (χ2n) is 7.97. The van der Waals surface area contributed by atoms with Crippen molar-refractivity contribution in [2.45, 2.75) is 57.0 Å². The van der Waals surface area contributed by atoms with Crippen LogP contribution in [0.15, 0.2) is 60.7 Å². The summed E-state index contributed by atoms with van der Waals surface area (Å²) in [4.78, 5) is 38.6. The Morgan fingerprint density at radius 1 is 1.00 bits per heavy atom. The topological polar surface area (TPSA) is 87.3 Å². The molecule has 1 aliphatic heterocycles. The Kier molecular flexibility index (Phi) is 8.21. The minimum absolute atomic E-state index is 0.161. The number of rotatable bonds is 8. The fraction of sp³-hybridized carbons (Fsp3) is 0.400. The van der Waals surface area contributed by atoms with Gasteiger partial charge >= 0.3 is 0 Å². The molecule has 0 radical (unpaired) electrons. The third-order valence-corrected chi connectivity index (χ3v) is 5.69. The molecule has 3 amide bonds. The summed E-state index contributed by atoms with van der Waals surface area (Å²) in [5, 5.41) is 8.65. The van der Waals surface area contributed by atoms with Gasteiger partial charge in [-0.3, -0.25) is 14.4 Å². The van der Waals surface area contributed by atoms with Crippen LogP contribution in [-0.4, -0.2) is 36.3 Å². The molecule has 0 aliphatic carbocycles. The van der Waals surface area contributed by atoms with Gasteiger partial charge in [-0.1, -0.05) is 67.6 Å². The molecule has 2 aromatic carbocycles. The zero-order valence-electron chi connectivity index (χ0n) is 18.0. The second-order valence-corrected chi connectivity index (χ2v) is 7.97. The third kappa shape index (κ3) is 6.41. The van der Waals surface area contributed by atoms with Gasteiger partial charge < -0.3 is 16.0 Å². The molecule has 0 aromatic heterocycles. The molecule has 3 unspecified atom stereocenters. The molecular weight excluding hydrogens is 390 g/mol. The Bertz CT molecular complexity index is 870. The molecule has 3 atom stereocenters. The number of nitrogens with one attached hydrogen (secondary N) is 3. The maximum Gasteiger partial charge on any atom is 0.243 e. The molecule has 1 saturated heterocycles. The van der Waals surface area contributed by atoms with Crippen molar-refractivity contribution in [1.82, 2.24) is 16.0 Å². The van der Waals surface area contributed by atoms with E-state index in [1.165, 1.54) is 0 Å². The standard InChI is InChI=1S/C25H31N3O3/c1-2-20(19-13-7-4-8-14-19)23(29)28-22(17-18-11-5-3-6-12-18)25(31)27-21-15-9-10-16-26-24(21)30/h3-8,11-14,20-22H,2,9-10,15-17H2,1H3,(H,26,30)(H,27,31)(H,28,29). The highest BCUT2D eigenvalue weighted by atomic mass is 16.2. The maximum atomic E-state index is 13.2. The average Bonchev–Trinajstić information content (AvgIpc) is 2.99. The van der Waals surface area contributed by atoms with E-state index in [-0.39, 0.29) is 23.6 Å². The van der Waals surface area contributed by atoms with Crippen LogP contribution in [0.1, 0.15) is 49.7 Å². The van der Waals surface area contributed by atoms with Crippen LogP contribution in [-0.2, 0) is 20.8 Å². The molecule has 0 bridgehead atoms. The zero-order chi connectivity index (χ0) is 22.1. The Morgan fingerprint density at radius 3 is 2.35 bits per heavy atom. The first kappa shape index (κ1) is 22.5. The molecular formula is C25H31N3O3. The van der Waals surface area contributed by atoms with Crippen LogP contribution in [0.2, 0.25) is 0 Å². The summed E-state index contributed by atoms with van der Waals surface area (Å²) in [6.07, 6.45) is 3.35. The Labute approximate surface area is 183 Å². The predicted octanol–water partition coefficient (Wildman–Crippen LogP) is 2.69. The van der Waals surface area contributed by atoms with Gasteiger partial charge in [-0.15, -0.1) is 0 Å². The number of hydrogen-bond acceptors (Lipinski definition) is 3. The van der Waals surface area contributed by atoms with Crippen LogP contribution >= 0.6 is 0 Å². The van der Waals surface area contributed by atoms with Crippen LogP contribution in [0, 0.1) is 0 Å². The van der Waals surface area contributed by atoms with E-state index in [4.69, 9.17) is 0 Å². The molecule has 3 rings (SSSR count). The lowest BCUT2D eigenvalue weighted by Gasteiger charge is -2.24. The van der Waals surface area contributed by atoms with Crippen molar-refractivity contribution in [3.63, 3.8) is 0 Å². The maximum absolute atomic E-state index is 13.2. The fourth-order valence-corrected chi connectivity index (χ4v) is 3.94. The van der Waals surface area contributed by atoms with Gasteiger partial charge in [0.1, 0.15) is 12.1 Å². The van der Waals surface area contributed by atoms with Gasteiger partial charge in [0.25, 0.3) is 0 Å². The van der Waals surface area contributed by atoms with Crippen LogP contribution < -0.4 is 16.0 Å². The van der Waals surface area contributed by atoms with Crippen LogP contribution in [0.3, 0.4) is 0 Å². The largest absolute Gasteiger partial charge is 0.354 e. The van der Waals surface area contributed by atoms with Crippen molar-refractivity contribution in [3.8, 4) is 0 Å². The summed E-state index contributed by atoms with van der Waals surface area (Å²) in [6.45, 7) is 2.59. The van der Waals surface area contributed by atoms with Crippen molar-refractivity contribution in [3.05, 3.63) is 71.8 Å². The smallest absolute Gasteiger partial charge is 0.243 e. The van der Waals surface area contributed by atoms with Gasteiger partial charge in [0.2, 0.25) is 17.7 Å². The van der Waals surface area contributed by atoms with E-state index >= 15 is 0 Å². The van der Waals surface area contributed by atoms with E-state index in [2.05, 4.69) is 16.0 Å². The molecule has 0 spiro atoms. The van der Waals surface area contributed by atoms with Crippen molar-refractivity contribution in [1.29, 1.82) is 0 Å². The minimum atomic E-state index is -0.760. The normalized spacial score (nSPS) is 18.2. The minimum Gasteiger partial charge on any atom is -0.354 e. The molecule has 31 heavy (non-hydrogen) atoms. The van der Waals surface area contributed by atoms with Crippen LogP contribution in [0.5, 0.6) is 0 Å². The molecule has 3 N–H and O–H groups in total. The number of carbonyl (C=O) groups is 3. The Hall–Kier alpha value is -3.15. The number of hydrogen-bond donors (Lipinski definition) is 3. The quantitative estimate of drug-likeness (QED) is 0.612. The van der Waals surface area contributed by atoms with Gasteiger partial charge in [0, 0.05) is 13.0 Å². The van der Waals surface area contributed by atoms with Gasteiger partial charge in [-0.25, -0.2) is 0 Å². The summed E-state index contributed by atoms with van der Waals surface area (Å²) < 4.78 is 0. The molecule has 6 heteroatoms. The van der Waals surface area contributed by atoms with E-state index in [1.807, 2.05) is 67.6 Å². The number of benzene rings is 2. The Morgan fingerprint density at radius 2 is 1.68 bits per heavy atom. The summed E-state index contributed by atoms with van der Waals surface area (Å²) in [5.74, 6) is -1.02. The van der Waals surface area contributed by atoms with Crippen molar-refractivity contribution >= 4 is 17.7 Å². The lowest BCUT2D eigenvalue weighted by atomic mass is 9.94. The SMILES string of the molecule is CCC(C(=O)NC(Cc1ccccc1)C(=O)NC1CCCCNC1=O)c1ccccc1. The van der Waals surface area contributed by atoms with Gasteiger partial charge in [0.05, 0.1) is 5.92 Å². The first-order chi connectivity index (χ1) is 15.1. The first-order valence-electron chi connectivity index (χ1n) is 11.1. The number of carbonyl (C=O) groups excluding carboxylic acids is 3. The molecule has 1 fully saturated rings. The van der Waals surface area contributed by atoms with Crippen molar-refractivity contribution in [2.75, 3.05) is 6.54 Å². The summed E-state index contributed by atoms with van der Waals surface area (Å²) in [6, 6.07) is 17.8. The highest BCUT2D eigenvalue weighted by Crippen LogP contribution is 2.20. The van der Waals surface area contributed by atoms with E-state index in [0.29, 0.717) is 25.8 Å². The average molecular weight is 422 g/mol. The van der Waals surface area contributed by atoms with Crippen LogP contribution in [0.25, 0.3) is 0 Å². The molecule has 0 saturated carbocycles. The predicted molar refractivity (Wildman–Crippen MR) is 120 cm³/mol. The third-order valence-electron chi connectivity index (χ3n) is 5.69. The zero-order valence-corrected chi connectivity index (χ0v) is 18.0. The second kappa shape index (κ2) is 11.3. The number of amides is 3. The summed E-state index contributed by atoms with van der Waals surface area (Å²) in [7, 11) is 0. The van der Waals surface area contributed by atoms with E-state index in [1.54, 1.807) is 0 Å². The van der Waals surface area contributed by atoms with E-state index < -0.39 is 12.1 Å². The highest BCUT2D eigenvalue weighted by molar-refractivity contribution is 5.93. The lowest BCUT2D eigenvalue weighted by molar-refractivity contribution is -0.132. The molecule has 1 heterocycles. The van der Waals surface area contributed by atoms with Crippen molar-refractivity contribution < 1.29 is 14.4 Å². The van der Waals surface area contributed by atoms with Gasteiger partial charge in [-0.05, 0) is 36.8 Å². The monoisotopic (exact) mass is 421 g/mol. The van der Waals surface area contributed by atoms with Crippen molar-refractivity contribution in [2.24, 2.45) is 0 Å². The summed E-state index contributed by atoms with van der Waals surface area (Å²) >= 11 is 0. The van der Waals surface area contributed by atoms with Gasteiger partial charge in [-0.2, -0.15) is 0 Å². The van der Waals surface area contributed by atoms with Gasteiger partial charge in [0.15, 0.2) is 0 Å². The first-order valence-corrected chi connectivity index (χ1v) is 11.1. The molecule has 164 valence electrons. The van der Waals surface area contributed by atoms with Crippen LogP contribution in [0.4, 0.5) is 0 Å². The fourth-order valence-electron chi connectivity index (χ4n) is 3.94.